The van der Waals surface area contributed by atoms with Gasteiger partial charge in [0.2, 0.25) is 6.29 Å². The number of aryl methyl sites for hydroxylation is 1. The molecule has 0 saturated heterocycles. The molecule has 0 amide bonds. The zero-order chi connectivity index (χ0) is 35.3. The lowest BCUT2D eigenvalue weighted by Gasteiger charge is -2.43. The lowest BCUT2D eigenvalue weighted by atomic mass is 9.97. The maximum atomic E-state index is 12.9. The van der Waals surface area contributed by atoms with Crippen LogP contribution < -0.4 is 15.1 Å². The van der Waals surface area contributed by atoms with Gasteiger partial charge in [-0.05, 0) is 50.7 Å². The van der Waals surface area contributed by atoms with Crippen LogP contribution in [0.2, 0.25) is 10.1 Å². The third kappa shape index (κ3) is 6.59. The minimum atomic E-state index is -2.89. The number of hydrogen-bond donors (Lipinski definition) is 0. The normalized spacial score (nSPS) is 12.0. The molecule has 0 aliphatic carbocycles. The lowest BCUT2D eigenvalue weighted by Crippen LogP contribution is -2.66. The molecular weight excluding hydrogens is 658 g/mol. The highest BCUT2D eigenvalue weighted by molar-refractivity contribution is 6.99. The summed E-state index contributed by atoms with van der Waals surface area (Å²) in [5.74, 6) is -0.615. The van der Waals surface area contributed by atoms with Crippen molar-refractivity contribution in [2.24, 2.45) is 0 Å². The fourth-order valence-corrected chi connectivity index (χ4v) is 12.3. The predicted octanol–water partition coefficient (Wildman–Crippen LogP) is 8.72. The summed E-state index contributed by atoms with van der Waals surface area (Å²) in [5.41, 5.74) is 4.59. The van der Waals surface area contributed by atoms with Gasteiger partial charge in [-0.2, -0.15) is 0 Å². The number of halogens is 1. The molecule has 0 atom stereocenters. The van der Waals surface area contributed by atoms with E-state index in [9.17, 15) is 9.59 Å². The third-order valence-electron chi connectivity index (χ3n) is 9.49. The van der Waals surface area contributed by atoms with Gasteiger partial charge in [-0.1, -0.05) is 161 Å². The van der Waals surface area contributed by atoms with E-state index in [0.717, 1.165) is 33.3 Å². The van der Waals surface area contributed by atoms with Crippen LogP contribution in [0.15, 0.2) is 133 Å². The Hall–Kier alpha value is -4.75. The first kappa shape index (κ1) is 35.1. The Kier molecular flexibility index (Phi) is 10.5. The highest BCUT2D eigenvalue weighted by atomic mass is 35.5. The van der Waals surface area contributed by atoms with Gasteiger partial charge in [0.25, 0.3) is 8.32 Å². The zero-order valence-corrected chi connectivity index (χ0v) is 30.7. The van der Waals surface area contributed by atoms with Gasteiger partial charge in [-0.3, -0.25) is 4.79 Å². The zero-order valence-electron chi connectivity index (χ0n) is 28.9. The molecule has 0 bridgehead atoms. The summed E-state index contributed by atoms with van der Waals surface area (Å²) < 4.78 is 15.6. The van der Waals surface area contributed by atoms with E-state index in [1.165, 1.54) is 10.4 Å². The summed E-state index contributed by atoms with van der Waals surface area (Å²) in [4.78, 5) is 24.7. The van der Waals surface area contributed by atoms with Gasteiger partial charge < -0.3 is 13.7 Å². The van der Waals surface area contributed by atoms with Crippen LogP contribution in [0.4, 0.5) is 0 Å². The van der Waals surface area contributed by atoms with Crippen molar-refractivity contribution in [1.82, 2.24) is 4.57 Å². The number of aromatic nitrogens is 1. The molecule has 50 heavy (non-hydrogen) atoms. The molecule has 0 spiro atoms. The maximum absolute atomic E-state index is 12.9. The number of carbonyl (C=O) groups is 2. The van der Waals surface area contributed by atoms with Crippen LogP contribution >= 0.6 is 11.6 Å². The number of nitrogens with zero attached hydrogens (tertiary/aromatic N) is 1. The minimum absolute atomic E-state index is 0.216. The molecule has 1 aromatic heterocycles. The highest BCUT2D eigenvalue weighted by Gasteiger charge is 2.50. The molecule has 0 aliphatic heterocycles. The number of rotatable bonds is 12. The largest absolute Gasteiger partial charge is 0.418 e. The standard InChI is InChI=1S/C43H42ClNO4Si/c1-5-35-36(44)26-27-37-40(35)42(49-39(47)30-46)38(45(37)41(31-18-10-6-11-19-31)32-20-12-7-13-21-32)28-29-48-50(43(2,3)4,33-22-14-8-15-23-33)34-24-16-9-17-25-34/h6-27,30,41H,5,28-29H2,1-4H3. The monoisotopic (exact) mass is 699 g/mol. The van der Waals surface area contributed by atoms with Crippen LogP contribution in [-0.2, 0) is 26.9 Å². The van der Waals surface area contributed by atoms with Gasteiger partial charge >= 0.3 is 5.97 Å². The van der Waals surface area contributed by atoms with Crippen molar-refractivity contribution < 1.29 is 18.8 Å². The van der Waals surface area contributed by atoms with E-state index in [2.05, 4.69) is 98.1 Å². The Balaban J connectivity index is 1.60. The summed E-state index contributed by atoms with van der Waals surface area (Å²) in [7, 11) is -2.89. The van der Waals surface area contributed by atoms with Crippen LogP contribution in [0.3, 0.4) is 0 Å². The SMILES string of the molecule is CCc1c(Cl)ccc2c1c(OC(=O)C=O)c(CCO[Si](c1ccccc1)(c1ccccc1)C(C)(C)C)n2C(c1ccccc1)c1ccccc1. The Morgan fingerprint density at radius 2 is 1.28 bits per heavy atom. The summed E-state index contributed by atoms with van der Waals surface area (Å²) >= 11 is 6.83. The number of aldehydes is 1. The third-order valence-corrected chi connectivity index (χ3v) is 14.9. The van der Waals surface area contributed by atoms with Crippen LogP contribution in [0, 0.1) is 0 Å². The second-order valence-corrected chi connectivity index (χ2v) is 18.2. The number of fused-ring (bicyclic) bond motifs is 1. The first-order valence-electron chi connectivity index (χ1n) is 17.1. The number of hydrogen-bond acceptors (Lipinski definition) is 4. The molecule has 5 aromatic carbocycles. The second-order valence-electron chi connectivity index (χ2n) is 13.4. The average molecular weight is 700 g/mol. The lowest BCUT2D eigenvalue weighted by molar-refractivity contribution is -0.141. The Bertz CT molecular complexity index is 2000. The van der Waals surface area contributed by atoms with Crippen molar-refractivity contribution in [2.45, 2.75) is 51.6 Å². The van der Waals surface area contributed by atoms with Crippen LogP contribution in [0.1, 0.15) is 56.1 Å². The second kappa shape index (κ2) is 15.0. The fourth-order valence-electron chi connectivity index (χ4n) is 7.40. The fraction of sp³-hybridized carbons (Fsp3) is 0.209. The van der Waals surface area contributed by atoms with E-state index in [-0.39, 0.29) is 17.4 Å². The Labute approximate surface area is 300 Å². The number of esters is 1. The molecule has 0 fully saturated rings. The van der Waals surface area contributed by atoms with Gasteiger partial charge in [-0.25, -0.2) is 4.79 Å². The Morgan fingerprint density at radius 1 is 0.780 bits per heavy atom. The molecule has 0 unspecified atom stereocenters. The molecule has 7 heteroatoms. The van der Waals surface area contributed by atoms with Gasteiger partial charge in [0.1, 0.15) is 0 Å². The summed E-state index contributed by atoms with van der Waals surface area (Å²) in [6, 6.07) is 45.3. The smallest absolute Gasteiger partial charge is 0.376 e. The molecule has 5 nitrogen and oxygen atoms in total. The maximum Gasteiger partial charge on any atom is 0.376 e. The molecule has 254 valence electrons. The molecule has 0 aliphatic rings. The van der Waals surface area contributed by atoms with E-state index in [1.54, 1.807) is 0 Å². The molecule has 0 saturated carbocycles. The van der Waals surface area contributed by atoms with Crippen molar-refractivity contribution in [1.29, 1.82) is 0 Å². The van der Waals surface area contributed by atoms with Gasteiger partial charge in [-0.15, -0.1) is 0 Å². The number of ether oxygens (including phenoxy) is 1. The van der Waals surface area contributed by atoms with Crippen LogP contribution in [0.5, 0.6) is 5.75 Å². The average Bonchev–Trinajstić information content (AvgIpc) is 3.43. The summed E-state index contributed by atoms with van der Waals surface area (Å²) in [6.45, 7) is 9.12. The highest BCUT2D eigenvalue weighted by Crippen LogP contribution is 2.44. The van der Waals surface area contributed by atoms with Gasteiger partial charge in [0.15, 0.2) is 5.75 Å². The van der Waals surface area contributed by atoms with Crippen molar-refractivity contribution in [3.05, 3.63) is 161 Å². The van der Waals surface area contributed by atoms with E-state index in [0.29, 0.717) is 30.2 Å². The van der Waals surface area contributed by atoms with Crippen LogP contribution in [0.25, 0.3) is 10.9 Å². The first-order chi connectivity index (χ1) is 24.2. The Morgan fingerprint density at radius 3 is 1.74 bits per heavy atom. The molecule has 6 rings (SSSR count). The van der Waals surface area contributed by atoms with E-state index in [1.807, 2.05) is 67.6 Å². The van der Waals surface area contributed by atoms with Crippen molar-refractivity contribution in [3.63, 3.8) is 0 Å². The molecule has 1 heterocycles. The predicted molar refractivity (Wildman–Crippen MR) is 205 cm³/mol. The quantitative estimate of drug-likeness (QED) is 0.0555. The number of carbonyl (C=O) groups excluding carboxylic acids is 2. The summed E-state index contributed by atoms with van der Waals surface area (Å²) in [6.07, 6.45) is 1.22. The van der Waals surface area contributed by atoms with E-state index < -0.39 is 14.3 Å². The molecule has 0 radical (unpaired) electrons. The molecule has 6 aromatic rings. The van der Waals surface area contributed by atoms with Crippen LogP contribution in [-0.4, -0.2) is 31.7 Å². The van der Waals surface area contributed by atoms with E-state index >= 15 is 0 Å². The van der Waals surface area contributed by atoms with Crippen molar-refractivity contribution in [2.75, 3.05) is 6.61 Å². The topological polar surface area (TPSA) is 57.5 Å². The van der Waals surface area contributed by atoms with Gasteiger partial charge in [0, 0.05) is 23.4 Å². The molecule has 0 N–H and O–H groups in total. The van der Waals surface area contributed by atoms with E-state index in [4.69, 9.17) is 20.8 Å². The first-order valence-corrected chi connectivity index (χ1v) is 19.4. The minimum Gasteiger partial charge on any atom is -0.418 e. The number of benzene rings is 5. The van der Waals surface area contributed by atoms with Crippen molar-refractivity contribution in [3.8, 4) is 5.75 Å². The van der Waals surface area contributed by atoms with Crippen molar-refractivity contribution >= 4 is 53.5 Å². The van der Waals surface area contributed by atoms with Gasteiger partial charge in [0.05, 0.1) is 17.3 Å². The molecular formula is C43H42ClNO4Si. The summed E-state index contributed by atoms with van der Waals surface area (Å²) in [5, 5.41) is 3.44.